The van der Waals surface area contributed by atoms with Crippen molar-refractivity contribution in [1.29, 1.82) is 0 Å². The smallest absolute Gasteiger partial charge is 0.291 e. The SMILES string of the molecule is COc1oc(C=O)c(C)c(=O)c1C. The van der Waals surface area contributed by atoms with Gasteiger partial charge >= 0.3 is 0 Å². The summed E-state index contributed by atoms with van der Waals surface area (Å²) in [7, 11) is 1.38. The Labute approximate surface area is 75.1 Å². The number of carbonyl (C=O) groups is 1. The number of hydrogen-bond acceptors (Lipinski definition) is 4. The molecule has 70 valence electrons. The summed E-state index contributed by atoms with van der Waals surface area (Å²) in [5.41, 5.74) is 0.476. The summed E-state index contributed by atoms with van der Waals surface area (Å²) in [6.07, 6.45) is 0.499. The van der Waals surface area contributed by atoms with Crippen LogP contribution in [-0.2, 0) is 0 Å². The second kappa shape index (κ2) is 3.43. The van der Waals surface area contributed by atoms with Gasteiger partial charge in [0.15, 0.2) is 17.5 Å². The molecule has 4 nitrogen and oxygen atoms in total. The molecule has 0 aliphatic heterocycles. The van der Waals surface area contributed by atoms with Crippen LogP contribution in [0.4, 0.5) is 0 Å². The van der Waals surface area contributed by atoms with Crippen molar-refractivity contribution < 1.29 is 13.9 Å². The minimum Gasteiger partial charge on any atom is -0.468 e. The fourth-order valence-corrected chi connectivity index (χ4v) is 1.05. The number of aldehydes is 1. The van der Waals surface area contributed by atoms with Gasteiger partial charge in [-0.1, -0.05) is 0 Å². The molecule has 1 heterocycles. The molecule has 0 unspecified atom stereocenters. The second-order valence-electron chi connectivity index (χ2n) is 2.65. The third-order valence-corrected chi connectivity index (χ3v) is 1.85. The lowest BCUT2D eigenvalue weighted by atomic mass is 10.2. The first-order valence-electron chi connectivity index (χ1n) is 3.75. The van der Waals surface area contributed by atoms with E-state index in [1.165, 1.54) is 7.11 Å². The lowest BCUT2D eigenvalue weighted by molar-refractivity contribution is 0.108. The van der Waals surface area contributed by atoms with Gasteiger partial charge in [0.1, 0.15) is 0 Å². The van der Waals surface area contributed by atoms with Gasteiger partial charge in [0, 0.05) is 5.56 Å². The highest BCUT2D eigenvalue weighted by Crippen LogP contribution is 2.16. The molecule has 1 rings (SSSR count). The zero-order valence-corrected chi connectivity index (χ0v) is 7.71. The van der Waals surface area contributed by atoms with Crippen LogP contribution in [0.3, 0.4) is 0 Å². The number of carbonyl (C=O) groups excluding carboxylic acids is 1. The first-order valence-corrected chi connectivity index (χ1v) is 3.75. The van der Waals surface area contributed by atoms with Crippen LogP contribution in [-0.4, -0.2) is 13.4 Å². The third-order valence-electron chi connectivity index (χ3n) is 1.85. The quantitative estimate of drug-likeness (QED) is 0.642. The summed E-state index contributed by atoms with van der Waals surface area (Å²) in [6, 6.07) is 0. The molecule has 0 bridgehead atoms. The van der Waals surface area contributed by atoms with E-state index in [2.05, 4.69) is 0 Å². The van der Waals surface area contributed by atoms with Gasteiger partial charge in [-0.05, 0) is 13.8 Å². The van der Waals surface area contributed by atoms with Gasteiger partial charge in [-0.25, -0.2) is 0 Å². The monoisotopic (exact) mass is 182 g/mol. The minimum absolute atomic E-state index is 0.0208. The Balaban J connectivity index is 3.55. The van der Waals surface area contributed by atoms with Gasteiger partial charge in [0.05, 0.1) is 12.7 Å². The Morgan fingerprint density at radius 2 is 1.92 bits per heavy atom. The standard InChI is InChI=1S/C9H10O4/c1-5-7(4-10)13-9(12-3)6(2)8(5)11/h4H,1-3H3. The molecule has 0 saturated carbocycles. The molecule has 1 aromatic heterocycles. The molecule has 0 amide bonds. The van der Waals surface area contributed by atoms with E-state index >= 15 is 0 Å². The zero-order valence-electron chi connectivity index (χ0n) is 7.71. The molecule has 0 N–H and O–H groups in total. The fraction of sp³-hybridized carbons (Fsp3) is 0.333. The van der Waals surface area contributed by atoms with Crippen LogP contribution in [0.2, 0.25) is 0 Å². The molecular formula is C9H10O4. The molecule has 0 radical (unpaired) electrons. The normalized spacial score (nSPS) is 9.77. The van der Waals surface area contributed by atoms with E-state index < -0.39 is 0 Å². The number of methoxy groups -OCH3 is 1. The van der Waals surface area contributed by atoms with E-state index in [1.54, 1.807) is 13.8 Å². The molecule has 0 aliphatic carbocycles. The summed E-state index contributed by atoms with van der Waals surface area (Å²) in [4.78, 5) is 21.9. The molecule has 4 heteroatoms. The zero-order chi connectivity index (χ0) is 10.0. The Morgan fingerprint density at radius 1 is 1.31 bits per heavy atom. The van der Waals surface area contributed by atoms with E-state index in [-0.39, 0.29) is 17.1 Å². The van der Waals surface area contributed by atoms with Gasteiger partial charge < -0.3 is 9.15 Å². The first-order chi connectivity index (χ1) is 6.11. The Morgan fingerprint density at radius 3 is 2.38 bits per heavy atom. The van der Waals surface area contributed by atoms with Crippen molar-refractivity contribution in [1.82, 2.24) is 0 Å². The van der Waals surface area contributed by atoms with Crippen LogP contribution in [0, 0.1) is 13.8 Å². The van der Waals surface area contributed by atoms with Gasteiger partial charge in [-0.3, -0.25) is 9.59 Å². The van der Waals surface area contributed by atoms with Crippen LogP contribution in [0.5, 0.6) is 5.95 Å². The minimum atomic E-state index is -0.217. The summed E-state index contributed by atoms with van der Waals surface area (Å²) in [5.74, 6) is 0.116. The maximum absolute atomic E-state index is 11.4. The number of hydrogen-bond donors (Lipinski definition) is 0. The maximum atomic E-state index is 11.4. The lowest BCUT2D eigenvalue weighted by Crippen LogP contribution is -2.12. The highest BCUT2D eigenvalue weighted by atomic mass is 16.6. The summed E-state index contributed by atoms with van der Waals surface area (Å²) < 4.78 is 9.83. The molecule has 0 atom stereocenters. The van der Waals surface area contributed by atoms with E-state index in [9.17, 15) is 9.59 Å². The average Bonchev–Trinajstić information content (AvgIpc) is 2.15. The Kier molecular flexibility index (Phi) is 2.51. The van der Waals surface area contributed by atoms with Crippen LogP contribution in [0.15, 0.2) is 9.21 Å². The van der Waals surface area contributed by atoms with E-state index in [0.29, 0.717) is 17.4 Å². The summed E-state index contributed by atoms with van der Waals surface area (Å²) in [5, 5.41) is 0. The Hall–Kier alpha value is -1.58. The molecule has 1 aromatic rings. The van der Waals surface area contributed by atoms with Crippen LogP contribution < -0.4 is 10.2 Å². The van der Waals surface area contributed by atoms with Gasteiger partial charge in [-0.2, -0.15) is 0 Å². The highest BCUT2D eigenvalue weighted by Gasteiger charge is 2.12. The molecule has 0 aliphatic rings. The third kappa shape index (κ3) is 1.47. The predicted molar refractivity (Wildman–Crippen MR) is 46.4 cm³/mol. The van der Waals surface area contributed by atoms with Crippen molar-refractivity contribution >= 4 is 6.29 Å². The predicted octanol–water partition coefficient (Wildman–Crippen LogP) is 1.08. The van der Waals surface area contributed by atoms with E-state index in [0.717, 1.165) is 0 Å². The molecule has 0 fully saturated rings. The van der Waals surface area contributed by atoms with Crippen molar-refractivity contribution in [3.8, 4) is 5.95 Å². The van der Waals surface area contributed by atoms with Gasteiger partial charge in [0.2, 0.25) is 0 Å². The van der Waals surface area contributed by atoms with Crippen molar-refractivity contribution in [3.05, 3.63) is 27.1 Å². The Bertz CT molecular complexity index is 389. The second-order valence-corrected chi connectivity index (χ2v) is 2.65. The van der Waals surface area contributed by atoms with Crippen molar-refractivity contribution in [2.24, 2.45) is 0 Å². The number of ether oxygens (including phenoxy) is 1. The van der Waals surface area contributed by atoms with Gasteiger partial charge in [0.25, 0.3) is 5.95 Å². The molecule has 0 aromatic carbocycles. The van der Waals surface area contributed by atoms with Crippen molar-refractivity contribution in [3.63, 3.8) is 0 Å². The van der Waals surface area contributed by atoms with Gasteiger partial charge in [-0.15, -0.1) is 0 Å². The lowest BCUT2D eigenvalue weighted by Gasteiger charge is -2.04. The van der Waals surface area contributed by atoms with Crippen molar-refractivity contribution in [2.75, 3.05) is 7.11 Å². The first kappa shape index (κ1) is 9.51. The average molecular weight is 182 g/mol. The van der Waals surface area contributed by atoms with Crippen LogP contribution in [0.25, 0.3) is 0 Å². The summed E-state index contributed by atoms with van der Waals surface area (Å²) >= 11 is 0. The number of rotatable bonds is 2. The van der Waals surface area contributed by atoms with Crippen molar-refractivity contribution in [2.45, 2.75) is 13.8 Å². The van der Waals surface area contributed by atoms with Crippen LogP contribution >= 0.6 is 0 Å². The topological polar surface area (TPSA) is 56.5 Å². The fourth-order valence-electron chi connectivity index (χ4n) is 1.05. The molecular weight excluding hydrogens is 172 g/mol. The van der Waals surface area contributed by atoms with E-state index in [1.807, 2.05) is 0 Å². The van der Waals surface area contributed by atoms with E-state index in [4.69, 9.17) is 9.15 Å². The highest BCUT2D eigenvalue weighted by molar-refractivity contribution is 5.72. The maximum Gasteiger partial charge on any atom is 0.291 e. The van der Waals surface area contributed by atoms with Crippen LogP contribution in [0.1, 0.15) is 21.7 Å². The molecule has 0 saturated heterocycles. The molecule has 13 heavy (non-hydrogen) atoms. The largest absolute Gasteiger partial charge is 0.468 e. The molecule has 0 spiro atoms. The summed E-state index contributed by atoms with van der Waals surface area (Å²) in [6.45, 7) is 3.13.